The Morgan fingerprint density at radius 2 is 1.80 bits per heavy atom. The first-order valence-electron chi connectivity index (χ1n) is 0.908. The van der Waals surface area contributed by atoms with Gasteiger partial charge in [0.15, 0.2) is 0 Å². The zero-order valence-electron chi connectivity index (χ0n) is 2.76. The van der Waals surface area contributed by atoms with E-state index in [1.54, 1.807) is 6.92 Å². The number of hydrogen-bond acceptors (Lipinski definition) is 2. The van der Waals surface area contributed by atoms with Gasteiger partial charge in [-0.2, -0.15) is 4.20 Å². The summed E-state index contributed by atoms with van der Waals surface area (Å²) in [7, 11) is 0. The first-order chi connectivity index (χ1) is 1.73. The van der Waals surface area contributed by atoms with Crippen LogP contribution in [0.4, 0.5) is 0 Å². The molecule has 0 aromatic rings. The van der Waals surface area contributed by atoms with Crippen molar-refractivity contribution in [2.24, 2.45) is 0 Å². The molecule has 29 valence electrons. The van der Waals surface area contributed by atoms with Crippen LogP contribution in [0.3, 0.4) is 0 Å². The maximum absolute atomic E-state index is 4.35. The molecule has 0 aliphatic carbocycles. The van der Waals surface area contributed by atoms with Crippen molar-refractivity contribution in [1.82, 2.24) is 0 Å². The minimum atomic E-state index is 0. The molecule has 0 atom stereocenters. The normalized spacial score (nSPS) is 5.00. The molecule has 0 bridgehead atoms. The average molecular weight is 236 g/mol. The maximum Gasteiger partial charge on any atom is 0 e. The van der Waals surface area contributed by atoms with Crippen molar-refractivity contribution in [2.75, 3.05) is 0 Å². The van der Waals surface area contributed by atoms with Crippen molar-refractivity contribution >= 4 is 29.0 Å². The molecule has 0 spiro atoms. The minimum absolute atomic E-state index is 0. The van der Waals surface area contributed by atoms with E-state index in [4.69, 9.17) is 0 Å². The van der Waals surface area contributed by atoms with Crippen LogP contribution in [0, 0.1) is 40.4 Å². The Morgan fingerprint density at radius 3 is 1.80 bits per heavy atom. The third kappa shape index (κ3) is 27.7. The van der Waals surface area contributed by atoms with Gasteiger partial charge in [0.25, 0.3) is 0 Å². The first kappa shape index (κ1) is 9.82. The molecule has 0 nitrogen and oxygen atoms in total. The van der Waals surface area contributed by atoms with Crippen molar-refractivity contribution in [3.05, 3.63) is 0 Å². The van der Waals surface area contributed by atoms with Crippen molar-refractivity contribution in [3.8, 4) is 0 Å². The van der Waals surface area contributed by atoms with E-state index in [-0.39, 0.29) is 40.4 Å². The molecule has 0 rings (SSSR count). The summed E-state index contributed by atoms with van der Waals surface area (Å²) >= 11 is 8.70. The van der Waals surface area contributed by atoms with E-state index >= 15 is 0 Å². The summed E-state index contributed by atoms with van der Waals surface area (Å²) in [4.78, 5) is 0. The zero-order chi connectivity index (χ0) is 3.58. The van der Waals surface area contributed by atoms with Gasteiger partial charge in [-0.15, -0.1) is 0 Å². The van der Waals surface area contributed by atoms with Crippen LogP contribution in [-0.2, 0) is 12.6 Å². The molecule has 0 aliphatic heterocycles. The first-order valence-corrected chi connectivity index (χ1v) is 1.72. The summed E-state index contributed by atoms with van der Waals surface area (Å²) in [5.41, 5.74) is 0. The maximum atomic E-state index is 4.35. The number of thiocarbonyl (C=S) groups is 1. The van der Waals surface area contributed by atoms with Gasteiger partial charge in [-0.1, -0.05) is 6.92 Å². The summed E-state index contributed by atoms with van der Waals surface area (Å²) in [6, 6.07) is 0. The van der Waals surface area contributed by atoms with Gasteiger partial charge < -0.3 is 24.8 Å². The van der Waals surface area contributed by atoms with E-state index in [1.807, 2.05) is 0 Å². The van der Waals surface area contributed by atoms with E-state index in [1.165, 1.54) is 0 Å². The fourth-order valence-electron chi connectivity index (χ4n) is 0. The zero-order valence-corrected chi connectivity index (χ0v) is 7.27. The number of hydrogen-bond donors (Lipinski definition) is 0. The second-order valence-electron chi connectivity index (χ2n) is 0.492. The van der Waals surface area contributed by atoms with Crippen molar-refractivity contribution < 1.29 is 40.4 Å². The van der Waals surface area contributed by atoms with E-state index in [0.29, 0.717) is 4.20 Å². The molecule has 0 heterocycles. The molecule has 0 aromatic carbocycles. The quantitative estimate of drug-likeness (QED) is 0.452. The van der Waals surface area contributed by atoms with Gasteiger partial charge in [-0.05, 0) is 0 Å². The molecule has 0 aliphatic rings. The average Bonchev–Trinajstić information content (AvgIpc) is 0.811. The van der Waals surface area contributed by atoms with E-state index in [0.717, 1.165) is 0 Å². The summed E-state index contributed by atoms with van der Waals surface area (Å²) in [6.07, 6.45) is 0. The predicted octanol–water partition coefficient (Wildman–Crippen LogP) is 0.881. The monoisotopic (exact) mass is 236 g/mol. The second-order valence-corrected chi connectivity index (χ2v) is 1.97. The Hall–Kier alpha value is 1.65. The third-order valence-electron chi connectivity index (χ3n) is 0. The fraction of sp³-hybridized carbons (Fsp3) is 0.500. The topological polar surface area (TPSA) is 0 Å². The fourth-order valence-corrected chi connectivity index (χ4v) is 0. The molecule has 0 unspecified atom stereocenters. The van der Waals surface area contributed by atoms with Gasteiger partial charge in [0.2, 0.25) is 0 Å². The molecule has 5 heavy (non-hydrogen) atoms. The van der Waals surface area contributed by atoms with Crippen molar-refractivity contribution in [2.45, 2.75) is 6.92 Å². The molecular formula is C2H3PmS2-. The van der Waals surface area contributed by atoms with E-state index in [9.17, 15) is 0 Å². The minimum Gasteiger partial charge on any atom is -0.433 e. The molecule has 0 saturated heterocycles. The Labute approximate surface area is 75.2 Å². The Bertz CT molecular complexity index is 30.6. The molecule has 1 radical (unpaired) electrons. The van der Waals surface area contributed by atoms with Crippen LogP contribution in [0.25, 0.3) is 0 Å². The second kappa shape index (κ2) is 5.65. The van der Waals surface area contributed by atoms with Gasteiger partial charge in [0.05, 0.1) is 0 Å². The van der Waals surface area contributed by atoms with Crippen LogP contribution in [0.15, 0.2) is 0 Å². The summed E-state index contributed by atoms with van der Waals surface area (Å²) < 4.78 is 0.583. The van der Waals surface area contributed by atoms with Crippen LogP contribution in [0.1, 0.15) is 6.92 Å². The molecule has 0 amide bonds. The smallest absolute Gasteiger partial charge is 0 e. The van der Waals surface area contributed by atoms with Gasteiger partial charge in [0, 0.05) is 40.4 Å². The Morgan fingerprint density at radius 1 is 1.80 bits per heavy atom. The molecule has 0 N–H and O–H groups in total. The summed E-state index contributed by atoms with van der Waals surface area (Å²) in [6.45, 7) is 1.71. The van der Waals surface area contributed by atoms with Gasteiger partial charge in [0.1, 0.15) is 0 Å². The SMILES string of the molecule is CC(=S)[S-].[Pm]. The molecule has 3 heteroatoms. The predicted molar refractivity (Wildman–Crippen MR) is 25.6 cm³/mol. The summed E-state index contributed by atoms with van der Waals surface area (Å²) in [5, 5.41) is 0. The van der Waals surface area contributed by atoms with Crippen LogP contribution in [0.2, 0.25) is 0 Å². The Balaban J connectivity index is 0. The third-order valence-corrected chi connectivity index (χ3v) is 0. The Kier molecular flexibility index (Phi) is 11.1. The van der Waals surface area contributed by atoms with Crippen molar-refractivity contribution in [3.63, 3.8) is 0 Å². The van der Waals surface area contributed by atoms with Crippen LogP contribution < -0.4 is 0 Å². The van der Waals surface area contributed by atoms with Crippen LogP contribution in [0.5, 0.6) is 0 Å². The van der Waals surface area contributed by atoms with Crippen LogP contribution >= 0.6 is 12.2 Å². The molecule has 0 aromatic heterocycles. The molecule has 0 fully saturated rings. The molecular weight excluding hydrogens is 233 g/mol. The van der Waals surface area contributed by atoms with Gasteiger partial charge in [-0.25, -0.2) is 0 Å². The van der Waals surface area contributed by atoms with Crippen LogP contribution in [-0.4, -0.2) is 4.20 Å². The van der Waals surface area contributed by atoms with E-state index < -0.39 is 0 Å². The summed E-state index contributed by atoms with van der Waals surface area (Å²) in [5.74, 6) is 0. The van der Waals surface area contributed by atoms with Gasteiger partial charge >= 0.3 is 0 Å². The number of rotatable bonds is 0. The van der Waals surface area contributed by atoms with Crippen molar-refractivity contribution in [1.29, 1.82) is 0 Å². The standard InChI is InChI=1S/C2H4S2.Pm/c1-2(3)4;/h1H3,(H,3,4);/p-1. The molecule has 0 saturated carbocycles. The largest absolute Gasteiger partial charge is 0.433 e. The van der Waals surface area contributed by atoms with E-state index in [2.05, 4.69) is 24.8 Å². The van der Waals surface area contributed by atoms with Gasteiger partial charge in [-0.3, -0.25) is 0 Å².